The first-order valence-electron chi connectivity index (χ1n) is 7.25. The van der Waals surface area contributed by atoms with Crippen molar-refractivity contribution in [2.24, 2.45) is 11.8 Å². The minimum absolute atomic E-state index is 0.00686. The Bertz CT molecular complexity index is 282. The van der Waals surface area contributed by atoms with Crippen LogP contribution in [0.2, 0.25) is 0 Å². The standard InChI is InChI=1S/C14H25NO3/c1-10-12(7-8-18-10)14(17)15-13-6-4-2-3-5-11(13)9-16/h10-13,16H,2-9H2,1H3,(H,15,17). The van der Waals surface area contributed by atoms with E-state index < -0.39 is 0 Å². The Morgan fingerprint density at radius 2 is 2.06 bits per heavy atom. The number of ether oxygens (including phenoxy) is 1. The van der Waals surface area contributed by atoms with Gasteiger partial charge in [-0.2, -0.15) is 0 Å². The van der Waals surface area contributed by atoms with Gasteiger partial charge in [-0.1, -0.05) is 19.3 Å². The molecular formula is C14H25NO3. The number of aliphatic hydroxyl groups is 1. The molecule has 0 aromatic heterocycles. The normalized spacial score (nSPS) is 37.2. The second-order valence-electron chi connectivity index (χ2n) is 5.67. The highest BCUT2D eigenvalue weighted by molar-refractivity contribution is 5.79. The van der Waals surface area contributed by atoms with Crippen molar-refractivity contribution in [2.45, 2.75) is 57.6 Å². The highest BCUT2D eigenvalue weighted by Gasteiger charge is 2.33. The van der Waals surface area contributed by atoms with Gasteiger partial charge in [0.1, 0.15) is 0 Å². The predicted octanol–water partition coefficient (Wildman–Crippen LogP) is 1.47. The molecule has 4 nitrogen and oxygen atoms in total. The van der Waals surface area contributed by atoms with E-state index in [2.05, 4.69) is 5.32 Å². The fourth-order valence-corrected chi connectivity index (χ4v) is 3.16. The molecule has 0 aromatic carbocycles. The minimum atomic E-state index is -0.00686. The van der Waals surface area contributed by atoms with Crippen molar-refractivity contribution in [1.82, 2.24) is 5.32 Å². The summed E-state index contributed by atoms with van der Waals surface area (Å²) in [6, 6.07) is 0.151. The fraction of sp³-hybridized carbons (Fsp3) is 0.929. The molecule has 4 heteroatoms. The largest absolute Gasteiger partial charge is 0.396 e. The number of aliphatic hydroxyl groups excluding tert-OH is 1. The molecule has 1 saturated carbocycles. The Labute approximate surface area is 109 Å². The molecule has 2 aliphatic rings. The molecule has 0 spiro atoms. The average molecular weight is 255 g/mol. The van der Waals surface area contributed by atoms with Crippen LogP contribution in [0.4, 0.5) is 0 Å². The molecule has 0 bridgehead atoms. The van der Waals surface area contributed by atoms with E-state index in [4.69, 9.17) is 4.74 Å². The fourth-order valence-electron chi connectivity index (χ4n) is 3.16. The maximum absolute atomic E-state index is 12.2. The van der Waals surface area contributed by atoms with Gasteiger partial charge in [0, 0.05) is 25.2 Å². The van der Waals surface area contributed by atoms with Gasteiger partial charge < -0.3 is 15.2 Å². The minimum Gasteiger partial charge on any atom is -0.396 e. The lowest BCUT2D eigenvalue weighted by Crippen LogP contribution is -2.45. The summed E-state index contributed by atoms with van der Waals surface area (Å²) in [4.78, 5) is 12.2. The molecule has 4 unspecified atom stereocenters. The summed E-state index contributed by atoms with van der Waals surface area (Å²) in [7, 11) is 0. The van der Waals surface area contributed by atoms with Gasteiger partial charge in [0.15, 0.2) is 0 Å². The molecule has 0 radical (unpaired) electrons. The molecule has 2 rings (SSSR count). The Morgan fingerprint density at radius 1 is 1.28 bits per heavy atom. The van der Waals surface area contributed by atoms with Crippen LogP contribution in [0.25, 0.3) is 0 Å². The van der Waals surface area contributed by atoms with Crippen LogP contribution in [0.5, 0.6) is 0 Å². The quantitative estimate of drug-likeness (QED) is 0.751. The van der Waals surface area contributed by atoms with Gasteiger partial charge in [-0.3, -0.25) is 4.79 Å². The zero-order valence-corrected chi connectivity index (χ0v) is 11.2. The summed E-state index contributed by atoms with van der Waals surface area (Å²) in [5.41, 5.74) is 0. The van der Waals surface area contributed by atoms with Gasteiger partial charge in [-0.05, 0) is 26.2 Å². The lowest BCUT2D eigenvalue weighted by atomic mass is 9.94. The number of carbonyl (C=O) groups excluding carboxylic acids is 1. The van der Waals surface area contributed by atoms with Crippen molar-refractivity contribution in [1.29, 1.82) is 0 Å². The third kappa shape index (κ3) is 3.23. The van der Waals surface area contributed by atoms with E-state index >= 15 is 0 Å². The highest BCUT2D eigenvalue weighted by Crippen LogP contribution is 2.25. The maximum Gasteiger partial charge on any atom is 0.226 e. The van der Waals surface area contributed by atoms with E-state index in [0.717, 1.165) is 25.7 Å². The zero-order valence-electron chi connectivity index (χ0n) is 11.2. The molecule has 1 aliphatic heterocycles. The predicted molar refractivity (Wildman–Crippen MR) is 69.1 cm³/mol. The number of nitrogens with one attached hydrogen (secondary N) is 1. The molecule has 104 valence electrons. The number of hydrogen-bond donors (Lipinski definition) is 2. The maximum atomic E-state index is 12.2. The Morgan fingerprint density at radius 3 is 2.72 bits per heavy atom. The Balaban J connectivity index is 1.91. The van der Waals surface area contributed by atoms with E-state index in [1.54, 1.807) is 0 Å². The van der Waals surface area contributed by atoms with Gasteiger partial charge in [-0.15, -0.1) is 0 Å². The van der Waals surface area contributed by atoms with Crippen molar-refractivity contribution in [3.05, 3.63) is 0 Å². The third-order valence-electron chi connectivity index (χ3n) is 4.43. The molecular weight excluding hydrogens is 230 g/mol. The molecule has 1 saturated heterocycles. The molecule has 2 fully saturated rings. The van der Waals surface area contributed by atoms with Crippen molar-refractivity contribution in [3.63, 3.8) is 0 Å². The topological polar surface area (TPSA) is 58.6 Å². The summed E-state index contributed by atoms with van der Waals surface area (Å²) in [5, 5.41) is 12.6. The van der Waals surface area contributed by atoms with Gasteiger partial charge in [-0.25, -0.2) is 0 Å². The first-order chi connectivity index (χ1) is 8.72. The van der Waals surface area contributed by atoms with Crippen molar-refractivity contribution < 1.29 is 14.6 Å². The highest BCUT2D eigenvalue weighted by atomic mass is 16.5. The van der Waals surface area contributed by atoms with Gasteiger partial charge >= 0.3 is 0 Å². The van der Waals surface area contributed by atoms with E-state index in [1.807, 2.05) is 6.92 Å². The lowest BCUT2D eigenvalue weighted by Gasteiger charge is -2.26. The van der Waals surface area contributed by atoms with Gasteiger partial charge in [0.25, 0.3) is 0 Å². The smallest absolute Gasteiger partial charge is 0.226 e. The summed E-state index contributed by atoms with van der Waals surface area (Å²) in [5.74, 6) is 0.340. The van der Waals surface area contributed by atoms with Crippen LogP contribution in [0, 0.1) is 11.8 Å². The van der Waals surface area contributed by atoms with E-state index in [0.29, 0.717) is 6.61 Å². The zero-order chi connectivity index (χ0) is 13.0. The van der Waals surface area contributed by atoms with Crippen LogP contribution in [0.1, 0.15) is 45.4 Å². The summed E-state index contributed by atoms with van der Waals surface area (Å²) in [6.07, 6.45) is 6.41. The van der Waals surface area contributed by atoms with Crippen molar-refractivity contribution >= 4 is 5.91 Å². The number of carbonyl (C=O) groups is 1. The van der Waals surface area contributed by atoms with E-state index in [-0.39, 0.29) is 36.5 Å². The van der Waals surface area contributed by atoms with E-state index in [9.17, 15) is 9.90 Å². The van der Waals surface area contributed by atoms with Crippen LogP contribution < -0.4 is 5.32 Å². The molecule has 18 heavy (non-hydrogen) atoms. The van der Waals surface area contributed by atoms with Crippen LogP contribution in [0.15, 0.2) is 0 Å². The average Bonchev–Trinajstić information content (AvgIpc) is 2.66. The number of amides is 1. The molecule has 1 amide bonds. The summed E-state index contributed by atoms with van der Waals surface area (Å²) in [6.45, 7) is 2.84. The van der Waals surface area contributed by atoms with Crippen molar-refractivity contribution in [2.75, 3.05) is 13.2 Å². The number of hydrogen-bond acceptors (Lipinski definition) is 3. The van der Waals surface area contributed by atoms with Gasteiger partial charge in [0.05, 0.1) is 12.0 Å². The van der Waals surface area contributed by atoms with Crippen LogP contribution in [-0.2, 0) is 9.53 Å². The Kier molecular flexibility index (Phi) is 5.01. The number of rotatable bonds is 3. The summed E-state index contributed by atoms with van der Waals surface area (Å²) >= 11 is 0. The van der Waals surface area contributed by atoms with Crippen molar-refractivity contribution in [3.8, 4) is 0 Å². The molecule has 1 aliphatic carbocycles. The van der Waals surface area contributed by atoms with Crippen LogP contribution >= 0.6 is 0 Å². The molecule has 0 aromatic rings. The Hall–Kier alpha value is -0.610. The van der Waals surface area contributed by atoms with E-state index in [1.165, 1.54) is 12.8 Å². The first-order valence-corrected chi connectivity index (χ1v) is 7.25. The second-order valence-corrected chi connectivity index (χ2v) is 5.67. The van der Waals surface area contributed by atoms with Gasteiger partial charge in [0.2, 0.25) is 5.91 Å². The first kappa shape index (κ1) is 13.8. The second kappa shape index (κ2) is 6.53. The molecule has 2 N–H and O–H groups in total. The molecule has 4 atom stereocenters. The summed E-state index contributed by atoms with van der Waals surface area (Å²) < 4.78 is 5.44. The van der Waals surface area contributed by atoms with Crippen LogP contribution in [0.3, 0.4) is 0 Å². The lowest BCUT2D eigenvalue weighted by molar-refractivity contribution is -0.127. The third-order valence-corrected chi connectivity index (χ3v) is 4.43. The monoisotopic (exact) mass is 255 g/mol. The SMILES string of the molecule is CC1OCCC1C(=O)NC1CCCCCC1CO. The van der Waals surface area contributed by atoms with Crippen LogP contribution in [-0.4, -0.2) is 36.4 Å². The molecule has 1 heterocycles.